The molecule has 6 heteroatoms. The standard InChI is InChI=1S/C18H20BrFN2O2/c19-13-6-7-14(15(20)11-13)18(23)21-12-16(17-5-4-10-24-17)22-8-2-1-3-9-22/h4-7,10-11,16H,1-3,8-9,12H2,(H,21,23). The molecule has 0 radical (unpaired) electrons. The second-order valence-electron chi connectivity index (χ2n) is 5.96. The monoisotopic (exact) mass is 394 g/mol. The van der Waals surface area contributed by atoms with E-state index >= 15 is 0 Å². The van der Waals surface area contributed by atoms with Crippen LogP contribution in [0.15, 0.2) is 45.5 Å². The summed E-state index contributed by atoms with van der Waals surface area (Å²) in [5, 5.41) is 2.85. The minimum absolute atomic E-state index is 0.0252. The zero-order valence-corrected chi connectivity index (χ0v) is 14.9. The highest BCUT2D eigenvalue weighted by Gasteiger charge is 2.25. The first-order valence-electron chi connectivity index (χ1n) is 8.16. The van der Waals surface area contributed by atoms with Crippen molar-refractivity contribution in [2.45, 2.75) is 25.3 Å². The Labute approximate surface area is 149 Å². The van der Waals surface area contributed by atoms with Crippen LogP contribution >= 0.6 is 15.9 Å². The predicted octanol–water partition coefficient (Wildman–Crippen LogP) is 4.14. The fourth-order valence-electron chi connectivity index (χ4n) is 3.08. The topological polar surface area (TPSA) is 45.5 Å². The highest BCUT2D eigenvalue weighted by Crippen LogP contribution is 2.24. The number of hydrogen-bond donors (Lipinski definition) is 1. The Bertz CT molecular complexity index is 684. The van der Waals surface area contributed by atoms with Crippen LogP contribution in [0.25, 0.3) is 0 Å². The lowest BCUT2D eigenvalue weighted by atomic mass is 10.1. The van der Waals surface area contributed by atoms with E-state index in [0.29, 0.717) is 11.0 Å². The number of rotatable bonds is 5. The quantitative estimate of drug-likeness (QED) is 0.828. The molecular weight excluding hydrogens is 375 g/mol. The van der Waals surface area contributed by atoms with Crippen molar-refractivity contribution in [2.75, 3.05) is 19.6 Å². The van der Waals surface area contributed by atoms with Crippen LogP contribution in [0.3, 0.4) is 0 Å². The van der Waals surface area contributed by atoms with Crippen LogP contribution in [0.5, 0.6) is 0 Å². The number of amides is 1. The van der Waals surface area contributed by atoms with Crippen molar-refractivity contribution in [3.63, 3.8) is 0 Å². The van der Waals surface area contributed by atoms with Crippen LogP contribution in [-0.2, 0) is 0 Å². The van der Waals surface area contributed by atoms with E-state index in [1.807, 2.05) is 12.1 Å². The van der Waals surface area contributed by atoms with Gasteiger partial charge in [0.1, 0.15) is 11.6 Å². The summed E-state index contributed by atoms with van der Waals surface area (Å²) in [5.41, 5.74) is 0.0510. The molecule has 1 aromatic carbocycles. The van der Waals surface area contributed by atoms with E-state index in [1.165, 1.54) is 18.6 Å². The van der Waals surface area contributed by atoms with Crippen molar-refractivity contribution in [2.24, 2.45) is 0 Å². The first kappa shape index (κ1) is 17.2. The van der Waals surface area contributed by atoms with Crippen LogP contribution in [0.1, 0.15) is 41.4 Å². The second kappa shape index (κ2) is 7.94. The number of halogens is 2. The molecule has 2 aromatic rings. The summed E-state index contributed by atoms with van der Waals surface area (Å²) in [6.07, 6.45) is 5.17. The first-order valence-corrected chi connectivity index (χ1v) is 8.95. The molecule has 128 valence electrons. The van der Waals surface area contributed by atoms with E-state index in [1.54, 1.807) is 12.3 Å². The molecule has 1 unspecified atom stereocenters. The van der Waals surface area contributed by atoms with Crippen LogP contribution in [0.4, 0.5) is 4.39 Å². The lowest BCUT2D eigenvalue weighted by molar-refractivity contribution is 0.0910. The van der Waals surface area contributed by atoms with Crippen molar-refractivity contribution in [1.29, 1.82) is 0 Å². The number of carbonyl (C=O) groups excluding carboxylic acids is 1. The van der Waals surface area contributed by atoms with E-state index < -0.39 is 11.7 Å². The summed E-state index contributed by atoms with van der Waals surface area (Å²) in [6.45, 7) is 2.35. The molecule has 3 rings (SSSR count). The Morgan fingerprint density at radius 1 is 1.29 bits per heavy atom. The van der Waals surface area contributed by atoms with Gasteiger partial charge in [-0.25, -0.2) is 4.39 Å². The maximum Gasteiger partial charge on any atom is 0.254 e. The number of furan rings is 1. The number of piperidine rings is 1. The maximum atomic E-state index is 13.9. The molecule has 1 N–H and O–H groups in total. The molecule has 0 saturated carbocycles. The molecule has 2 heterocycles. The number of benzene rings is 1. The smallest absolute Gasteiger partial charge is 0.254 e. The van der Waals surface area contributed by atoms with Crippen LogP contribution in [0, 0.1) is 5.82 Å². The lowest BCUT2D eigenvalue weighted by Crippen LogP contribution is -2.40. The fourth-order valence-corrected chi connectivity index (χ4v) is 3.41. The summed E-state index contributed by atoms with van der Waals surface area (Å²) in [4.78, 5) is 14.6. The van der Waals surface area contributed by atoms with Gasteiger partial charge in [0.25, 0.3) is 5.91 Å². The van der Waals surface area contributed by atoms with Gasteiger partial charge in [0.05, 0.1) is 17.9 Å². The summed E-state index contributed by atoms with van der Waals surface area (Å²) in [5.74, 6) is -0.114. The Hall–Kier alpha value is -1.66. The van der Waals surface area contributed by atoms with Crippen molar-refractivity contribution in [3.8, 4) is 0 Å². The molecule has 0 spiro atoms. The molecule has 1 aliphatic rings. The highest BCUT2D eigenvalue weighted by atomic mass is 79.9. The van der Waals surface area contributed by atoms with Gasteiger partial charge in [0, 0.05) is 11.0 Å². The molecule has 0 aliphatic carbocycles. The maximum absolute atomic E-state index is 13.9. The minimum atomic E-state index is -0.533. The van der Waals surface area contributed by atoms with E-state index in [2.05, 4.69) is 26.1 Å². The van der Waals surface area contributed by atoms with Gasteiger partial charge in [0.15, 0.2) is 0 Å². The Balaban J connectivity index is 1.70. The number of nitrogens with one attached hydrogen (secondary N) is 1. The van der Waals surface area contributed by atoms with Gasteiger partial charge in [-0.05, 0) is 56.3 Å². The number of nitrogens with zero attached hydrogens (tertiary/aromatic N) is 1. The molecule has 0 bridgehead atoms. The summed E-state index contributed by atoms with van der Waals surface area (Å²) >= 11 is 3.20. The number of carbonyl (C=O) groups is 1. The molecule has 24 heavy (non-hydrogen) atoms. The molecule has 1 saturated heterocycles. The van der Waals surface area contributed by atoms with Gasteiger partial charge in [-0.15, -0.1) is 0 Å². The minimum Gasteiger partial charge on any atom is -0.468 e. The van der Waals surface area contributed by atoms with E-state index in [9.17, 15) is 9.18 Å². The molecule has 1 atom stereocenters. The zero-order chi connectivity index (χ0) is 16.9. The third-order valence-electron chi connectivity index (χ3n) is 4.33. The van der Waals surface area contributed by atoms with Gasteiger partial charge in [-0.1, -0.05) is 22.4 Å². The summed E-state index contributed by atoms with van der Waals surface area (Å²) in [7, 11) is 0. The summed E-state index contributed by atoms with van der Waals surface area (Å²) in [6, 6.07) is 8.18. The van der Waals surface area contributed by atoms with Gasteiger partial charge in [-0.3, -0.25) is 9.69 Å². The Morgan fingerprint density at radius 2 is 2.08 bits per heavy atom. The van der Waals surface area contributed by atoms with Crippen molar-refractivity contribution >= 4 is 21.8 Å². The third kappa shape index (κ3) is 4.05. The zero-order valence-electron chi connectivity index (χ0n) is 13.3. The van der Waals surface area contributed by atoms with Crippen LogP contribution < -0.4 is 5.32 Å². The SMILES string of the molecule is O=C(NCC(c1ccco1)N1CCCCC1)c1ccc(Br)cc1F. The van der Waals surface area contributed by atoms with Crippen LogP contribution in [-0.4, -0.2) is 30.4 Å². The number of hydrogen-bond acceptors (Lipinski definition) is 3. The third-order valence-corrected chi connectivity index (χ3v) is 4.83. The molecular formula is C18H20BrFN2O2. The highest BCUT2D eigenvalue weighted by molar-refractivity contribution is 9.10. The predicted molar refractivity (Wildman–Crippen MR) is 93.3 cm³/mol. The molecule has 1 fully saturated rings. The Morgan fingerprint density at radius 3 is 2.75 bits per heavy atom. The number of likely N-dealkylation sites (tertiary alicyclic amines) is 1. The van der Waals surface area contributed by atoms with Crippen molar-refractivity contribution < 1.29 is 13.6 Å². The van der Waals surface area contributed by atoms with Gasteiger partial charge >= 0.3 is 0 Å². The fraction of sp³-hybridized carbons (Fsp3) is 0.389. The van der Waals surface area contributed by atoms with Crippen molar-refractivity contribution in [3.05, 3.63) is 58.2 Å². The Kier molecular flexibility index (Phi) is 5.68. The van der Waals surface area contributed by atoms with Gasteiger partial charge in [0.2, 0.25) is 0 Å². The largest absolute Gasteiger partial charge is 0.468 e. The molecule has 1 amide bonds. The lowest BCUT2D eigenvalue weighted by Gasteiger charge is -2.33. The molecule has 1 aromatic heterocycles. The van der Waals surface area contributed by atoms with E-state index in [-0.39, 0.29) is 11.6 Å². The summed E-state index contributed by atoms with van der Waals surface area (Å²) < 4.78 is 20.1. The van der Waals surface area contributed by atoms with E-state index in [0.717, 1.165) is 31.7 Å². The second-order valence-corrected chi connectivity index (χ2v) is 6.88. The normalized spacial score (nSPS) is 16.8. The van der Waals surface area contributed by atoms with Gasteiger partial charge in [-0.2, -0.15) is 0 Å². The van der Waals surface area contributed by atoms with Crippen LogP contribution in [0.2, 0.25) is 0 Å². The molecule has 4 nitrogen and oxygen atoms in total. The molecule has 1 aliphatic heterocycles. The van der Waals surface area contributed by atoms with Crippen molar-refractivity contribution in [1.82, 2.24) is 10.2 Å². The van der Waals surface area contributed by atoms with E-state index in [4.69, 9.17) is 4.42 Å². The average molecular weight is 395 g/mol. The van der Waals surface area contributed by atoms with Gasteiger partial charge < -0.3 is 9.73 Å². The average Bonchev–Trinajstić information content (AvgIpc) is 3.10. The first-order chi connectivity index (χ1) is 11.6.